The molecule has 0 aromatic heterocycles. The highest BCUT2D eigenvalue weighted by Gasteiger charge is 2.23. The molecule has 0 saturated carbocycles. The quantitative estimate of drug-likeness (QED) is 0.833. The summed E-state index contributed by atoms with van der Waals surface area (Å²) in [7, 11) is 0. The van der Waals surface area contributed by atoms with E-state index in [1.165, 1.54) is 17.3 Å². The molecule has 1 fully saturated rings. The van der Waals surface area contributed by atoms with Gasteiger partial charge in [0.25, 0.3) is 5.91 Å². The highest BCUT2D eigenvalue weighted by atomic mass is 32.2. The fourth-order valence-corrected chi connectivity index (χ4v) is 2.82. The molecule has 0 atom stereocenters. The summed E-state index contributed by atoms with van der Waals surface area (Å²) in [5, 5.41) is 12.7. The molecule has 1 amide bonds. The van der Waals surface area contributed by atoms with Crippen molar-refractivity contribution in [2.45, 2.75) is 6.92 Å². The molecule has 2 aromatic rings. The van der Waals surface area contributed by atoms with Gasteiger partial charge in [0.15, 0.2) is 5.17 Å². The number of aryl methyl sites for hydroxylation is 1. The van der Waals surface area contributed by atoms with E-state index in [0.29, 0.717) is 15.8 Å². The Kier molecular flexibility index (Phi) is 3.98. The van der Waals surface area contributed by atoms with Crippen LogP contribution < -0.4 is 5.32 Å². The number of aliphatic imine (C=N–C) groups is 1. The summed E-state index contributed by atoms with van der Waals surface area (Å²) >= 11 is 1.29. The molecule has 1 saturated heterocycles. The number of aromatic hydroxyl groups is 1. The molecule has 3 rings (SSSR count). The molecule has 2 N–H and O–H groups in total. The van der Waals surface area contributed by atoms with E-state index in [0.717, 1.165) is 5.56 Å². The Labute approximate surface area is 132 Å². The number of amidine groups is 1. The lowest BCUT2D eigenvalue weighted by Crippen LogP contribution is -2.19. The van der Waals surface area contributed by atoms with Gasteiger partial charge in [-0.2, -0.15) is 0 Å². The summed E-state index contributed by atoms with van der Waals surface area (Å²) in [6.45, 7) is 2.02. The van der Waals surface area contributed by atoms with Gasteiger partial charge in [-0.25, -0.2) is 4.99 Å². The maximum Gasteiger partial charge on any atom is 0.264 e. The van der Waals surface area contributed by atoms with Crippen molar-refractivity contribution in [2.24, 2.45) is 4.99 Å². The van der Waals surface area contributed by atoms with Crippen molar-refractivity contribution in [3.8, 4) is 5.75 Å². The second-order valence-electron chi connectivity index (χ2n) is 4.91. The Morgan fingerprint density at radius 1 is 1.18 bits per heavy atom. The second-order valence-corrected chi connectivity index (χ2v) is 5.94. The third-order valence-corrected chi connectivity index (χ3v) is 4.00. The highest BCUT2D eigenvalue weighted by molar-refractivity contribution is 8.18. The number of carbonyl (C=O) groups is 1. The molecule has 4 nitrogen and oxygen atoms in total. The van der Waals surface area contributed by atoms with Crippen molar-refractivity contribution in [3.05, 3.63) is 64.6 Å². The van der Waals surface area contributed by atoms with Crippen LogP contribution in [0, 0.1) is 6.92 Å². The van der Waals surface area contributed by atoms with Gasteiger partial charge in [0, 0.05) is 6.07 Å². The van der Waals surface area contributed by atoms with Gasteiger partial charge in [-0.1, -0.05) is 35.9 Å². The molecule has 0 unspecified atom stereocenters. The van der Waals surface area contributed by atoms with Gasteiger partial charge in [-0.05, 0) is 42.5 Å². The minimum atomic E-state index is -0.163. The average molecular weight is 310 g/mol. The smallest absolute Gasteiger partial charge is 0.264 e. The predicted molar refractivity (Wildman–Crippen MR) is 90.1 cm³/mol. The van der Waals surface area contributed by atoms with Crippen molar-refractivity contribution in [1.82, 2.24) is 5.32 Å². The standard InChI is InChI=1S/C17H14N2O2S/c1-11-5-7-12(8-6-11)9-15-16(21)19-17(22-15)18-13-3-2-4-14(20)10-13/h2-10,20H,1H3,(H,18,19,21)/b15-9-. The molecular weight excluding hydrogens is 296 g/mol. The number of nitrogens with zero attached hydrogens (tertiary/aromatic N) is 1. The lowest BCUT2D eigenvalue weighted by atomic mass is 10.1. The number of thioether (sulfide) groups is 1. The maximum absolute atomic E-state index is 12.0. The number of phenols is 1. The first-order valence-corrected chi connectivity index (χ1v) is 7.57. The average Bonchev–Trinajstić information content (AvgIpc) is 2.81. The number of nitrogens with one attached hydrogen (secondary N) is 1. The summed E-state index contributed by atoms with van der Waals surface area (Å²) < 4.78 is 0. The minimum absolute atomic E-state index is 0.145. The number of benzene rings is 2. The number of carbonyl (C=O) groups excluding carboxylic acids is 1. The molecule has 0 spiro atoms. The molecule has 2 aromatic carbocycles. The first-order valence-electron chi connectivity index (χ1n) is 6.75. The van der Waals surface area contributed by atoms with Crippen LogP contribution in [0.2, 0.25) is 0 Å². The van der Waals surface area contributed by atoms with Crippen LogP contribution in [0.1, 0.15) is 11.1 Å². The van der Waals surface area contributed by atoms with Crippen LogP contribution in [0.4, 0.5) is 5.69 Å². The minimum Gasteiger partial charge on any atom is -0.508 e. The Bertz CT molecular complexity index is 780. The normalized spacial score (nSPS) is 18.0. The number of phenolic OH excluding ortho intramolecular Hbond substituents is 1. The summed E-state index contributed by atoms with van der Waals surface area (Å²) in [6, 6.07) is 14.5. The molecular formula is C17H14N2O2S. The van der Waals surface area contributed by atoms with Gasteiger partial charge in [0.05, 0.1) is 10.6 Å². The number of rotatable bonds is 2. The van der Waals surface area contributed by atoms with E-state index >= 15 is 0 Å². The van der Waals surface area contributed by atoms with Crippen LogP contribution >= 0.6 is 11.8 Å². The Morgan fingerprint density at radius 2 is 1.95 bits per heavy atom. The number of hydrogen-bond donors (Lipinski definition) is 2. The van der Waals surface area contributed by atoms with E-state index in [1.807, 2.05) is 37.3 Å². The van der Waals surface area contributed by atoms with Crippen molar-refractivity contribution in [1.29, 1.82) is 0 Å². The van der Waals surface area contributed by atoms with Crippen molar-refractivity contribution >= 4 is 34.6 Å². The predicted octanol–water partition coefficient (Wildman–Crippen LogP) is 3.59. The van der Waals surface area contributed by atoms with E-state index in [-0.39, 0.29) is 11.7 Å². The first-order chi connectivity index (χ1) is 10.6. The third-order valence-electron chi connectivity index (χ3n) is 3.09. The fourth-order valence-electron chi connectivity index (χ4n) is 1.97. The van der Waals surface area contributed by atoms with Crippen molar-refractivity contribution < 1.29 is 9.90 Å². The fraction of sp³-hybridized carbons (Fsp3) is 0.0588. The van der Waals surface area contributed by atoms with E-state index in [4.69, 9.17) is 0 Å². The van der Waals surface area contributed by atoms with Gasteiger partial charge in [0.1, 0.15) is 5.75 Å². The zero-order valence-electron chi connectivity index (χ0n) is 11.9. The van der Waals surface area contributed by atoms with Crippen LogP contribution in [0.15, 0.2) is 58.4 Å². The number of hydrogen-bond acceptors (Lipinski definition) is 4. The SMILES string of the molecule is Cc1ccc(/C=C2\SC(=Nc3cccc(O)c3)NC2=O)cc1. The van der Waals surface area contributed by atoms with Gasteiger partial charge < -0.3 is 10.4 Å². The van der Waals surface area contributed by atoms with E-state index in [2.05, 4.69) is 10.3 Å². The molecule has 0 bridgehead atoms. The summed E-state index contributed by atoms with van der Waals surface area (Å²) in [6.07, 6.45) is 1.84. The summed E-state index contributed by atoms with van der Waals surface area (Å²) in [5.41, 5.74) is 2.75. The number of amides is 1. The van der Waals surface area contributed by atoms with Gasteiger partial charge in [-0.15, -0.1) is 0 Å². The largest absolute Gasteiger partial charge is 0.508 e. The van der Waals surface area contributed by atoms with E-state index < -0.39 is 0 Å². The molecule has 0 radical (unpaired) electrons. The van der Waals surface area contributed by atoms with Gasteiger partial charge in [0.2, 0.25) is 0 Å². The van der Waals surface area contributed by atoms with E-state index in [1.54, 1.807) is 24.3 Å². The van der Waals surface area contributed by atoms with Crippen molar-refractivity contribution in [2.75, 3.05) is 0 Å². The molecule has 1 aliphatic heterocycles. The van der Waals surface area contributed by atoms with Gasteiger partial charge in [-0.3, -0.25) is 4.79 Å². The zero-order chi connectivity index (χ0) is 15.5. The monoisotopic (exact) mass is 310 g/mol. The van der Waals surface area contributed by atoms with Crippen LogP contribution in [-0.4, -0.2) is 16.2 Å². The highest BCUT2D eigenvalue weighted by Crippen LogP contribution is 2.28. The van der Waals surface area contributed by atoms with Crippen LogP contribution in [0.5, 0.6) is 5.75 Å². The zero-order valence-corrected chi connectivity index (χ0v) is 12.7. The molecule has 1 heterocycles. The van der Waals surface area contributed by atoms with Crippen LogP contribution in [-0.2, 0) is 4.79 Å². The maximum atomic E-state index is 12.0. The lowest BCUT2D eigenvalue weighted by Gasteiger charge is -1.97. The summed E-state index contributed by atoms with van der Waals surface area (Å²) in [5.74, 6) is -0.0175. The summed E-state index contributed by atoms with van der Waals surface area (Å²) in [4.78, 5) is 16.9. The molecule has 110 valence electrons. The molecule has 1 aliphatic rings. The van der Waals surface area contributed by atoms with Crippen LogP contribution in [0.25, 0.3) is 6.08 Å². The third kappa shape index (κ3) is 3.38. The van der Waals surface area contributed by atoms with Crippen LogP contribution in [0.3, 0.4) is 0 Å². The van der Waals surface area contributed by atoms with Crippen molar-refractivity contribution in [3.63, 3.8) is 0 Å². The second kappa shape index (κ2) is 6.07. The van der Waals surface area contributed by atoms with E-state index in [9.17, 15) is 9.90 Å². The van der Waals surface area contributed by atoms with Gasteiger partial charge >= 0.3 is 0 Å². The Hall–Kier alpha value is -2.53. The first kappa shape index (κ1) is 14.4. The molecule has 0 aliphatic carbocycles. The Morgan fingerprint density at radius 3 is 2.68 bits per heavy atom. The lowest BCUT2D eigenvalue weighted by molar-refractivity contribution is -0.115. The molecule has 22 heavy (non-hydrogen) atoms. The molecule has 5 heteroatoms. The topological polar surface area (TPSA) is 61.7 Å². The Balaban J connectivity index is 1.82.